The maximum Gasteiger partial charge on any atom is 0.163 e. The van der Waals surface area contributed by atoms with Crippen molar-refractivity contribution in [2.75, 3.05) is 5.32 Å². The van der Waals surface area contributed by atoms with E-state index in [1.807, 2.05) is 43.8 Å². The lowest BCUT2D eigenvalue weighted by Crippen LogP contribution is -2.09. The third-order valence-corrected chi connectivity index (χ3v) is 3.67. The molecule has 0 aliphatic rings. The minimum atomic E-state index is 0.667. The van der Waals surface area contributed by atoms with Crippen molar-refractivity contribution in [3.63, 3.8) is 0 Å². The highest BCUT2D eigenvalue weighted by Gasteiger charge is 2.10. The maximum atomic E-state index is 4.64. The molecule has 0 radical (unpaired) electrons. The highest BCUT2D eigenvalue weighted by atomic mass is 15.3. The predicted octanol–water partition coefficient (Wildman–Crippen LogP) is 2.50. The number of hydrogen-bond acceptors (Lipinski definition) is 5. The SMILES string of the molecule is Cc1nc(-c2cccnc2)nc(NCc2ccnn2C)c1C. The zero-order valence-electron chi connectivity index (χ0n) is 12.9. The van der Waals surface area contributed by atoms with E-state index in [0.717, 1.165) is 28.3 Å². The van der Waals surface area contributed by atoms with Crippen molar-refractivity contribution >= 4 is 5.82 Å². The third kappa shape index (κ3) is 2.81. The summed E-state index contributed by atoms with van der Waals surface area (Å²) in [6.07, 6.45) is 5.30. The molecule has 22 heavy (non-hydrogen) atoms. The second kappa shape index (κ2) is 5.93. The van der Waals surface area contributed by atoms with Crippen molar-refractivity contribution in [3.05, 3.63) is 53.7 Å². The van der Waals surface area contributed by atoms with Crippen molar-refractivity contribution < 1.29 is 0 Å². The lowest BCUT2D eigenvalue weighted by molar-refractivity contribution is 0.719. The second-order valence-corrected chi connectivity index (χ2v) is 5.15. The molecule has 0 aromatic carbocycles. The molecule has 1 N–H and O–H groups in total. The van der Waals surface area contributed by atoms with Crippen LogP contribution < -0.4 is 5.32 Å². The molecular formula is C16H18N6. The Morgan fingerprint density at radius 3 is 2.68 bits per heavy atom. The number of nitrogens with one attached hydrogen (secondary N) is 1. The topological polar surface area (TPSA) is 68.5 Å². The highest BCUT2D eigenvalue weighted by Crippen LogP contribution is 2.21. The van der Waals surface area contributed by atoms with Gasteiger partial charge in [-0.2, -0.15) is 5.10 Å². The fourth-order valence-corrected chi connectivity index (χ4v) is 2.17. The molecule has 0 amide bonds. The van der Waals surface area contributed by atoms with Crippen LogP contribution in [0, 0.1) is 13.8 Å². The molecule has 0 unspecified atom stereocenters. The predicted molar refractivity (Wildman–Crippen MR) is 85.3 cm³/mol. The molecule has 3 aromatic heterocycles. The van der Waals surface area contributed by atoms with Crippen molar-refractivity contribution in [3.8, 4) is 11.4 Å². The largest absolute Gasteiger partial charge is 0.364 e. The van der Waals surface area contributed by atoms with Crippen LogP contribution in [0.4, 0.5) is 5.82 Å². The number of nitrogens with zero attached hydrogens (tertiary/aromatic N) is 5. The smallest absolute Gasteiger partial charge is 0.163 e. The van der Waals surface area contributed by atoms with E-state index in [0.29, 0.717) is 12.4 Å². The number of anilines is 1. The zero-order valence-corrected chi connectivity index (χ0v) is 12.9. The minimum Gasteiger partial charge on any atom is -0.364 e. The fourth-order valence-electron chi connectivity index (χ4n) is 2.17. The van der Waals surface area contributed by atoms with Gasteiger partial charge in [0, 0.05) is 42.5 Å². The first kappa shape index (κ1) is 14.2. The molecule has 3 aromatic rings. The van der Waals surface area contributed by atoms with E-state index in [1.165, 1.54) is 0 Å². The number of pyridine rings is 1. The molecule has 6 nitrogen and oxygen atoms in total. The molecule has 0 atom stereocenters. The molecule has 112 valence electrons. The molecule has 0 bridgehead atoms. The van der Waals surface area contributed by atoms with Crippen molar-refractivity contribution in [1.29, 1.82) is 0 Å². The van der Waals surface area contributed by atoms with Crippen molar-refractivity contribution in [2.45, 2.75) is 20.4 Å². The van der Waals surface area contributed by atoms with Gasteiger partial charge in [-0.1, -0.05) is 0 Å². The number of hydrogen-bond donors (Lipinski definition) is 1. The molecule has 0 spiro atoms. The number of aryl methyl sites for hydroxylation is 2. The van der Waals surface area contributed by atoms with Crippen LogP contribution in [0.1, 0.15) is 17.0 Å². The summed E-state index contributed by atoms with van der Waals surface area (Å²) < 4.78 is 1.85. The van der Waals surface area contributed by atoms with Gasteiger partial charge in [-0.05, 0) is 32.0 Å². The van der Waals surface area contributed by atoms with Crippen LogP contribution in [0.5, 0.6) is 0 Å². The summed E-state index contributed by atoms with van der Waals surface area (Å²) in [5.74, 6) is 1.52. The average molecular weight is 294 g/mol. The van der Waals surface area contributed by atoms with Gasteiger partial charge in [0.2, 0.25) is 0 Å². The van der Waals surface area contributed by atoms with E-state index in [1.54, 1.807) is 18.6 Å². The zero-order chi connectivity index (χ0) is 15.5. The summed E-state index contributed by atoms with van der Waals surface area (Å²) in [5, 5.41) is 7.54. The van der Waals surface area contributed by atoms with Gasteiger partial charge in [0.1, 0.15) is 5.82 Å². The first-order valence-electron chi connectivity index (χ1n) is 7.11. The Balaban J connectivity index is 1.90. The molecule has 0 fully saturated rings. The summed E-state index contributed by atoms with van der Waals surface area (Å²) >= 11 is 0. The van der Waals surface area contributed by atoms with E-state index >= 15 is 0 Å². The normalized spacial score (nSPS) is 10.7. The number of rotatable bonds is 4. The Labute approximate surface area is 129 Å². The lowest BCUT2D eigenvalue weighted by atomic mass is 10.2. The van der Waals surface area contributed by atoms with Crippen LogP contribution in [0.2, 0.25) is 0 Å². The summed E-state index contributed by atoms with van der Waals surface area (Å²) in [7, 11) is 1.93. The van der Waals surface area contributed by atoms with Crippen LogP contribution in [0.25, 0.3) is 11.4 Å². The molecule has 3 rings (SSSR count). The second-order valence-electron chi connectivity index (χ2n) is 5.15. The molecule has 3 heterocycles. The quantitative estimate of drug-likeness (QED) is 0.800. The Hall–Kier alpha value is -2.76. The van der Waals surface area contributed by atoms with E-state index in [-0.39, 0.29) is 0 Å². The van der Waals surface area contributed by atoms with Gasteiger partial charge in [0.05, 0.1) is 12.2 Å². The summed E-state index contributed by atoms with van der Waals surface area (Å²) in [6.45, 7) is 4.68. The van der Waals surface area contributed by atoms with Crippen LogP contribution in [0.15, 0.2) is 36.8 Å². The highest BCUT2D eigenvalue weighted by molar-refractivity contribution is 5.58. The molecule has 6 heteroatoms. The molecule has 0 aliphatic carbocycles. The summed E-state index contributed by atoms with van der Waals surface area (Å²) in [5.41, 5.74) is 4.02. The number of aromatic nitrogens is 5. The molecule has 0 saturated heterocycles. The third-order valence-electron chi connectivity index (χ3n) is 3.67. The van der Waals surface area contributed by atoms with Gasteiger partial charge in [0.15, 0.2) is 5.82 Å². The van der Waals surface area contributed by atoms with Gasteiger partial charge < -0.3 is 5.32 Å². The lowest BCUT2D eigenvalue weighted by Gasteiger charge is -2.12. The van der Waals surface area contributed by atoms with Crippen molar-refractivity contribution in [1.82, 2.24) is 24.7 Å². The van der Waals surface area contributed by atoms with Crippen LogP contribution >= 0.6 is 0 Å². The first-order valence-corrected chi connectivity index (χ1v) is 7.11. The van der Waals surface area contributed by atoms with Gasteiger partial charge in [-0.3, -0.25) is 9.67 Å². The van der Waals surface area contributed by atoms with E-state index in [9.17, 15) is 0 Å². The van der Waals surface area contributed by atoms with E-state index < -0.39 is 0 Å². The Bertz CT molecular complexity index is 779. The summed E-state index contributed by atoms with van der Waals surface area (Å²) in [6, 6.07) is 5.83. The van der Waals surface area contributed by atoms with Gasteiger partial charge >= 0.3 is 0 Å². The summed E-state index contributed by atoms with van der Waals surface area (Å²) in [4.78, 5) is 13.3. The standard InChI is InChI=1S/C16H18N6/c1-11-12(2)20-16(13-5-4-7-17-9-13)21-15(11)18-10-14-6-8-19-22(14)3/h4-9H,10H2,1-3H3,(H,18,20,21). The van der Waals surface area contributed by atoms with E-state index in [4.69, 9.17) is 0 Å². The Morgan fingerprint density at radius 1 is 1.14 bits per heavy atom. The molecule has 0 aliphatic heterocycles. The average Bonchev–Trinajstić information content (AvgIpc) is 2.95. The monoisotopic (exact) mass is 294 g/mol. The van der Waals surface area contributed by atoms with Crippen molar-refractivity contribution in [2.24, 2.45) is 7.05 Å². The maximum absolute atomic E-state index is 4.64. The first-order chi connectivity index (χ1) is 10.6. The fraction of sp³-hybridized carbons (Fsp3) is 0.250. The molecule has 0 saturated carbocycles. The van der Waals surface area contributed by atoms with E-state index in [2.05, 4.69) is 25.4 Å². The van der Waals surface area contributed by atoms with Gasteiger partial charge in [-0.25, -0.2) is 9.97 Å². The Morgan fingerprint density at radius 2 is 2.00 bits per heavy atom. The van der Waals surface area contributed by atoms with Crippen LogP contribution in [-0.4, -0.2) is 24.7 Å². The van der Waals surface area contributed by atoms with Crippen LogP contribution in [0.3, 0.4) is 0 Å². The van der Waals surface area contributed by atoms with Gasteiger partial charge in [-0.15, -0.1) is 0 Å². The molecular weight excluding hydrogens is 276 g/mol. The Kier molecular flexibility index (Phi) is 3.82. The minimum absolute atomic E-state index is 0.667. The van der Waals surface area contributed by atoms with Gasteiger partial charge in [0.25, 0.3) is 0 Å². The van der Waals surface area contributed by atoms with Crippen LogP contribution in [-0.2, 0) is 13.6 Å².